The summed E-state index contributed by atoms with van der Waals surface area (Å²) in [6.07, 6.45) is 1.13. The molecule has 2 rings (SSSR count). The smallest absolute Gasteiger partial charge is 0.225 e. The van der Waals surface area contributed by atoms with Gasteiger partial charge in [-0.05, 0) is 30.0 Å². The molecule has 0 saturated carbocycles. The Morgan fingerprint density at radius 3 is 2.71 bits per heavy atom. The molecular formula is C17H17N3O. The van der Waals surface area contributed by atoms with E-state index in [0.29, 0.717) is 24.4 Å². The van der Waals surface area contributed by atoms with Crippen LogP contribution in [-0.2, 0) is 11.2 Å². The van der Waals surface area contributed by atoms with E-state index >= 15 is 0 Å². The van der Waals surface area contributed by atoms with Gasteiger partial charge in [0.1, 0.15) is 11.5 Å². The van der Waals surface area contributed by atoms with E-state index in [1.807, 2.05) is 30.3 Å². The van der Waals surface area contributed by atoms with Crippen molar-refractivity contribution in [3.05, 3.63) is 59.8 Å². The highest BCUT2D eigenvalue weighted by Gasteiger charge is 2.04. The van der Waals surface area contributed by atoms with Gasteiger partial charge < -0.3 is 11.1 Å². The fourth-order valence-electron chi connectivity index (χ4n) is 1.82. The molecule has 0 fully saturated rings. The van der Waals surface area contributed by atoms with Crippen LogP contribution in [0.2, 0.25) is 0 Å². The molecule has 4 nitrogen and oxygen atoms in total. The van der Waals surface area contributed by atoms with Crippen molar-refractivity contribution in [1.29, 1.82) is 0 Å². The van der Waals surface area contributed by atoms with Crippen LogP contribution in [0.4, 0.5) is 5.82 Å². The second kappa shape index (κ2) is 7.83. The van der Waals surface area contributed by atoms with Gasteiger partial charge in [-0.1, -0.05) is 42.3 Å². The molecule has 0 radical (unpaired) electrons. The van der Waals surface area contributed by atoms with Crippen LogP contribution in [0.1, 0.15) is 17.7 Å². The van der Waals surface area contributed by atoms with Gasteiger partial charge in [0.2, 0.25) is 5.91 Å². The Hall–Kier alpha value is -2.64. The maximum Gasteiger partial charge on any atom is 0.225 e. The molecule has 4 heteroatoms. The van der Waals surface area contributed by atoms with Gasteiger partial charge in [0, 0.05) is 6.42 Å². The molecule has 0 spiro atoms. The summed E-state index contributed by atoms with van der Waals surface area (Å²) in [7, 11) is 0. The molecule has 1 amide bonds. The molecule has 1 heterocycles. The van der Waals surface area contributed by atoms with E-state index < -0.39 is 0 Å². The van der Waals surface area contributed by atoms with E-state index in [0.717, 1.165) is 5.56 Å². The van der Waals surface area contributed by atoms with Crippen molar-refractivity contribution >= 4 is 11.7 Å². The number of anilines is 1. The Labute approximate surface area is 124 Å². The van der Waals surface area contributed by atoms with Gasteiger partial charge in [-0.3, -0.25) is 4.79 Å². The summed E-state index contributed by atoms with van der Waals surface area (Å²) in [5, 5.41) is 2.78. The third-order valence-electron chi connectivity index (χ3n) is 2.82. The second-order valence-corrected chi connectivity index (χ2v) is 4.45. The minimum Gasteiger partial charge on any atom is -0.320 e. The SMILES string of the molecule is NCC#Cc1cccc(NC(=O)CCc2ccccc2)n1. The van der Waals surface area contributed by atoms with Crippen molar-refractivity contribution in [1.82, 2.24) is 4.98 Å². The molecule has 0 aliphatic rings. The second-order valence-electron chi connectivity index (χ2n) is 4.45. The minimum atomic E-state index is -0.0599. The lowest BCUT2D eigenvalue weighted by Gasteiger charge is -2.05. The van der Waals surface area contributed by atoms with Crippen molar-refractivity contribution < 1.29 is 4.79 Å². The number of pyridine rings is 1. The number of carbonyl (C=O) groups is 1. The standard InChI is InChI=1S/C17H17N3O/c18-13-5-9-15-8-4-10-16(19-15)20-17(21)12-11-14-6-2-1-3-7-14/h1-4,6-8,10H,11-13,18H2,(H,19,20,21). The number of hydrogen-bond acceptors (Lipinski definition) is 3. The molecule has 0 atom stereocenters. The van der Waals surface area contributed by atoms with Gasteiger partial charge in [0.05, 0.1) is 6.54 Å². The van der Waals surface area contributed by atoms with E-state index in [-0.39, 0.29) is 12.5 Å². The summed E-state index contributed by atoms with van der Waals surface area (Å²) in [6.45, 7) is 0.287. The molecule has 3 N–H and O–H groups in total. The van der Waals surface area contributed by atoms with Crippen LogP contribution in [0, 0.1) is 11.8 Å². The third kappa shape index (κ3) is 5.09. The van der Waals surface area contributed by atoms with Gasteiger partial charge in [0.15, 0.2) is 0 Å². The zero-order valence-corrected chi connectivity index (χ0v) is 11.7. The van der Waals surface area contributed by atoms with Crippen LogP contribution >= 0.6 is 0 Å². The number of nitrogens with zero attached hydrogens (tertiary/aromatic N) is 1. The first-order chi connectivity index (χ1) is 10.3. The molecule has 0 unspecified atom stereocenters. The molecule has 21 heavy (non-hydrogen) atoms. The maximum absolute atomic E-state index is 11.9. The number of carbonyl (C=O) groups excluding carboxylic acids is 1. The highest BCUT2D eigenvalue weighted by atomic mass is 16.1. The van der Waals surface area contributed by atoms with E-state index in [9.17, 15) is 4.79 Å². The lowest BCUT2D eigenvalue weighted by Crippen LogP contribution is -2.13. The first-order valence-electron chi connectivity index (χ1n) is 6.77. The number of aromatic nitrogens is 1. The van der Waals surface area contributed by atoms with Gasteiger partial charge in [-0.15, -0.1) is 0 Å². The molecular weight excluding hydrogens is 262 g/mol. The Bertz CT molecular complexity index is 656. The first kappa shape index (κ1) is 14.8. The molecule has 0 saturated heterocycles. The monoisotopic (exact) mass is 279 g/mol. The number of hydrogen-bond donors (Lipinski definition) is 2. The van der Waals surface area contributed by atoms with Crippen molar-refractivity contribution in [2.45, 2.75) is 12.8 Å². The summed E-state index contributed by atoms with van der Waals surface area (Å²) in [5.74, 6) is 6.02. The highest BCUT2D eigenvalue weighted by Crippen LogP contribution is 2.07. The third-order valence-corrected chi connectivity index (χ3v) is 2.82. The maximum atomic E-state index is 11.9. The molecule has 0 aliphatic heterocycles. The van der Waals surface area contributed by atoms with Crippen molar-refractivity contribution in [2.75, 3.05) is 11.9 Å². The first-order valence-corrected chi connectivity index (χ1v) is 6.77. The van der Waals surface area contributed by atoms with Crippen molar-refractivity contribution in [2.24, 2.45) is 5.73 Å². The average molecular weight is 279 g/mol. The predicted molar refractivity (Wildman–Crippen MR) is 83.6 cm³/mol. The zero-order chi connectivity index (χ0) is 14.9. The lowest BCUT2D eigenvalue weighted by atomic mass is 10.1. The summed E-state index contributed by atoms with van der Waals surface area (Å²) in [6, 6.07) is 15.2. The van der Waals surface area contributed by atoms with Crippen LogP contribution in [0.5, 0.6) is 0 Å². The fourth-order valence-corrected chi connectivity index (χ4v) is 1.82. The van der Waals surface area contributed by atoms with Crippen molar-refractivity contribution in [3.8, 4) is 11.8 Å². The van der Waals surface area contributed by atoms with Crippen LogP contribution in [-0.4, -0.2) is 17.4 Å². The molecule has 106 valence electrons. The van der Waals surface area contributed by atoms with Gasteiger partial charge in [-0.2, -0.15) is 0 Å². The molecule has 1 aromatic heterocycles. The van der Waals surface area contributed by atoms with Crippen LogP contribution in [0.3, 0.4) is 0 Å². The number of aryl methyl sites for hydroxylation is 1. The van der Waals surface area contributed by atoms with Gasteiger partial charge >= 0.3 is 0 Å². The van der Waals surface area contributed by atoms with Crippen LogP contribution in [0.25, 0.3) is 0 Å². The average Bonchev–Trinajstić information content (AvgIpc) is 2.52. The van der Waals surface area contributed by atoms with Crippen LogP contribution in [0.15, 0.2) is 48.5 Å². The van der Waals surface area contributed by atoms with E-state index in [2.05, 4.69) is 22.1 Å². The van der Waals surface area contributed by atoms with Gasteiger partial charge in [-0.25, -0.2) is 4.98 Å². The Balaban J connectivity index is 1.90. The molecule has 0 aliphatic carbocycles. The van der Waals surface area contributed by atoms with Crippen LogP contribution < -0.4 is 11.1 Å². The Kier molecular flexibility index (Phi) is 5.50. The number of benzene rings is 1. The van der Waals surface area contributed by atoms with E-state index in [1.54, 1.807) is 18.2 Å². The van der Waals surface area contributed by atoms with E-state index in [1.165, 1.54) is 0 Å². The number of amides is 1. The zero-order valence-electron chi connectivity index (χ0n) is 11.7. The normalized spacial score (nSPS) is 9.57. The van der Waals surface area contributed by atoms with Crippen molar-refractivity contribution in [3.63, 3.8) is 0 Å². The summed E-state index contributed by atoms with van der Waals surface area (Å²) >= 11 is 0. The molecule has 1 aromatic carbocycles. The molecule has 0 bridgehead atoms. The fraction of sp³-hybridized carbons (Fsp3) is 0.176. The minimum absolute atomic E-state index is 0.0599. The van der Waals surface area contributed by atoms with Gasteiger partial charge in [0.25, 0.3) is 0 Å². The molecule has 2 aromatic rings. The summed E-state index contributed by atoms with van der Waals surface area (Å²) in [5.41, 5.74) is 7.06. The number of rotatable bonds is 4. The van der Waals surface area contributed by atoms with E-state index in [4.69, 9.17) is 5.73 Å². The topological polar surface area (TPSA) is 68.0 Å². The summed E-state index contributed by atoms with van der Waals surface area (Å²) < 4.78 is 0. The lowest BCUT2D eigenvalue weighted by molar-refractivity contribution is -0.116. The predicted octanol–water partition coefficient (Wildman–Crippen LogP) is 1.96. The Morgan fingerprint density at radius 1 is 1.14 bits per heavy atom. The number of nitrogens with two attached hydrogens (primary N) is 1. The quantitative estimate of drug-likeness (QED) is 0.841. The largest absolute Gasteiger partial charge is 0.320 e. The summed E-state index contributed by atoms with van der Waals surface area (Å²) in [4.78, 5) is 16.1. The number of nitrogens with one attached hydrogen (secondary N) is 1. The Morgan fingerprint density at radius 2 is 1.95 bits per heavy atom. The highest BCUT2D eigenvalue weighted by molar-refractivity contribution is 5.89.